The van der Waals surface area contributed by atoms with E-state index in [-0.39, 0.29) is 5.69 Å². The van der Waals surface area contributed by atoms with Crippen LogP contribution in [0.1, 0.15) is 16.7 Å². The Balaban J connectivity index is 2.46. The number of benzene rings is 2. The van der Waals surface area contributed by atoms with Gasteiger partial charge in [-0.1, -0.05) is 33.6 Å². The van der Waals surface area contributed by atoms with Gasteiger partial charge < -0.3 is 4.74 Å². The SMILES string of the molecule is Cc1cc(C)c([N+](=O)[O-])cc1Oc1cc(Cl)ccc1CBr. The molecule has 0 aliphatic rings. The van der Waals surface area contributed by atoms with Gasteiger partial charge in [-0.15, -0.1) is 0 Å². The first-order valence-corrected chi connectivity index (χ1v) is 7.70. The zero-order chi connectivity index (χ0) is 15.6. The van der Waals surface area contributed by atoms with Crippen molar-refractivity contribution in [3.05, 3.63) is 62.2 Å². The molecule has 0 saturated carbocycles. The molecule has 110 valence electrons. The fourth-order valence-corrected chi connectivity index (χ4v) is 2.61. The van der Waals surface area contributed by atoms with Gasteiger partial charge in [0.2, 0.25) is 0 Å². The van der Waals surface area contributed by atoms with Gasteiger partial charge in [-0.3, -0.25) is 10.1 Å². The van der Waals surface area contributed by atoms with Crippen molar-refractivity contribution >= 4 is 33.2 Å². The van der Waals surface area contributed by atoms with E-state index in [1.807, 2.05) is 13.0 Å². The summed E-state index contributed by atoms with van der Waals surface area (Å²) in [5.74, 6) is 1.04. The lowest BCUT2D eigenvalue weighted by Crippen LogP contribution is -1.96. The monoisotopic (exact) mass is 369 g/mol. The number of rotatable bonds is 4. The van der Waals surface area contributed by atoms with Gasteiger partial charge in [-0.25, -0.2) is 0 Å². The van der Waals surface area contributed by atoms with Gasteiger partial charge in [0, 0.05) is 21.5 Å². The topological polar surface area (TPSA) is 52.4 Å². The van der Waals surface area contributed by atoms with E-state index in [9.17, 15) is 10.1 Å². The van der Waals surface area contributed by atoms with E-state index in [1.165, 1.54) is 6.07 Å². The molecule has 0 aromatic heterocycles. The number of nitrogens with zero attached hydrogens (tertiary/aromatic N) is 1. The quantitative estimate of drug-likeness (QED) is 0.402. The second kappa shape index (κ2) is 6.45. The van der Waals surface area contributed by atoms with Crippen molar-refractivity contribution in [2.45, 2.75) is 19.2 Å². The number of nitro benzene ring substituents is 1. The van der Waals surface area contributed by atoms with Crippen LogP contribution in [0.3, 0.4) is 0 Å². The minimum Gasteiger partial charge on any atom is -0.456 e. The Bertz CT molecular complexity index is 704. The number of aryl methyl sites for hydroxylation is 2. The van der Waals surface area contributed by atoms with E-state index in [1.54, 1.807) is 25.1 Å². The molecule has 0 radical (unpaired) electrons. The van der Waals surface area contributed by atoms with E-state index in [0.717, 1.165) is 11.1 Å². The van der Waals surface area contributed by atoms with Crippen LogP contribution >= 0.6 is 27.5 Å². The standard InChI is InChI=1S/C15H13BrClNO3/c1-9-5-10(2)14(7-13(9)18(19)20)21-15-6-12(17)4-3-11(15)8-16/h3-7H,8H2,1-2H3. The Morgan fingerprint density at radius 3 is 2.52 bits per heavy atom. The summed E-state index contributed by atoms with van der Waals surface area (Å²) in [7, 11) is 0. The van der Waals surface area contributed by atoms with Gasteiger partial charge in [0.25, 0.3) is 5.69 Å². The molecule has 0 amide bonds. The van der Waals surface area contributed by atoms with Crippen molar-refractivity contribution in [2.24, 2.45) is 0 Å². The molecular weight excluding hydrogens is 358 g/mol. The number of alkyl halides is 1. The fraction of sp³-hybridized carbons (Fsp3) is 0.200. The summed E-state index contributed by atoms with van der Waals surface area (Å²) in [5.41, 5.74) is 2.40. The number of hydrogen-bond acceptors (Lipinski definition) is 3. The number of ether oxygens (including phenoxy) is 1. The third kappa shape index (κ3) is 3.54. The summed E-state index contributed by atoms with van der Waals surface area (Å²) in [5, 5.41) is 12.2. The zero-order valence-electron chi connectivity index (χ0n) is 11.5. The molecule has 0 aliphatic carbocycles. The molecule has 0 heterocycles. The molecule has 4 nitrogen and oxygen atoms in total. The van der Waals surface area contributed by atoms with Gasteiger partial charge in [-0.2, -0.15) is 0 Å². The van der Waals surface area contributed by atoms with Gasteiger partial charge in [0.15, 0.2) is 0 Å². The highest BCUT2D eigenvalue weighted by molar-refractivity contribution is 9.08. The van der Waals surface area contributed by atoms with Gasteiger partial charge in [-0.05, 0) is 37.6 Å². The van der Waals surface area contributed by atoms with Crippen LogP contribution < -0.4 is 4.74 Å². The van der Waals surface area contributed by atoms with Crippen LogP contribution in [-0.4, -0.2) is 4.92 Å². The van der Waals surface area contributed by atoms with E-state index in [4.69, 9.17) is 16.3 Å². The Morgan fingerprint density at radius 2 is 1.90 bits per heavy atom. The van der Waals surface area contributed by atoms with Crippen LogP contribution in [0.25, 0.3) is 0 Å². The summed E-state index contributed by atoms with van der Waals surface area (Å²) in [6, 6.07) is 8.51. The molecule has 21 heavy (non-hydrogen) atoms. The summed E-state index contributed by atoms with van der Waals surface area (Å²) in [6.07, 6.45) is 0. The van der Waals surface area contributed by atoms with Gasteiger partial charge in [0.1, 0.15) is 11.5 Å². The fourth-order valence-electron chi connectivity index (χ4n) is 1.98. The highest BCUT2D eigenvalue weighted by Gasteiger charge is 2.16. The van der Waals surface area contributed by atoms with Crippen molar-refractivity contribution in [2.75, 3.05) is 0 Å². The van der Waals surface area contributed by atoms with E-state index < -0.39 is 4.92 Å². The van der Waals surface area contributed by atoms with Crippen LogP contribution in [0.15, 0.2) is 30.3 Å². The first-order chi connectivity index (χ1) is 9.92. The molecule has 0 N–H and O–H groups in total. The van der Waals surface area contributed by atoms with E-state index in [0.29, 0.717) is 27.4 Å². The lowest BCUT2D eigenvalue weighted by atomic mass is 10.1. The number of hydrogen-bond donors (Lipinski definition) is 0. The Labute approximate surface area is 136 Å². The Morgan fingerprint density at radius 1 is 1.19 bits per heavy atom. The zero-order valence-corrected chi connectivity index (χ0v) is 13.9. The predicted octanol–water partition coefficient (Wildman–Crippen LogP) is 5.55. The molecule has 2 aromatic rings. The van der Waals surface area contributed by atoms with Crippen molar-refractivity contribution < 1.29 is 9.66 Å². The van der Waals surface area contributed by atoms with Gasteiger partial charge in [0.05, 0.1) is 11.0 Å². The molecule has 0 fully saturated rings. The number of halogens is 2. The van der Waals surface area contributed by atoms with Crippen molar-refractivity contribution in [3.63, 3.8) is 0 Å². The molecular formula is C15H13BrClNO3. The molecule has 0 spiro atoms. The van der Waals surface area contributed by atoms with E-state index in [2.05, 4.69) is 15.9 Å². The molecule has 0 aliphatic heterocycles. The smallest absolute Gasteiger partial charge is 0.276 e. The molecule has 2 rings (SSSR count). The maximum Gasteiger partial charge on any atom is 0.276 e. The second-order valence-corrected chi connectivity index (χ2v) is 5.65. The predicted molar refractivity (Wildman–Crippen MR) is 86.7 cm³/mol. The molecule has 0 bridgehead atoms. The molecule has 6 heteroatoms. The van der Waals surface area contributed by atoms with Crippen LogP contribution in [0.4, 0.5) is 5.69 Å². The molecule has 0 atom stereocenters. The third-order valence-electron chi connectivity index (χ3n) is 3.08. The number of nitro groups is 1. The summed E-state index contributed by atoms with van der Waals surface area (Å²) in [6.45, 7) is 3.56. The Hall–Kier alpha value is -1.59. The highest BCUT2D eigenvalue weighted by Crippen LogP contribution is 2.34. The highest BCUT2D eigenvalue weighted by atomic mass is 79.9. The summed E-state index contributed by atoms with van der Waals surface area (Å²) >= 11 is 9.37. The van der Waals surface area contributed by atoms with Crippen LogP contribution in [0, 0.1) is 24.0 Å². The van der Waals surface area contributed by atoms with Crippen LogP contribution in [0.2, 0.25) is 5.02 Å². The largest absolute Gasteiger partial charge is 0.456 e. The van der Waals surface area contributed by atoms with Crippen molar-refractivity contribution in [1.82, 2.24) is 0 Å². The summed E-state index contributed by atoms with van der Waals surface area (Å²) in [4.78, 5) is 10.6. The third-order valence-corrected chi connectivity index (χ3v) is 3.92. The first kappa shape index (κ1) is 15.8. The maximum atomic E-state index is 11.0. The molecule has 0 unspecified atom stereocenters. The maximum absolute atomic E-state index is 11.0. The lowest BCUT2D eigenvalue weighted by molar-refractivity contribution is -0.385. The Kier molecular flexibility index (Phi) is 4.85. The van der Waals surface area contributed by atoms with Crippen LogP contribution in [0.5, 0.6) is 11.5 Å². The first-order valence-electron chi connectivity index (χ1n) is 6.20. The van der Waals surface area contributed by atoms with Gasteiger partial charge >= 0.3 is 0 Å². The normalized spacial score (nSPS) is 10.5. The van der Waals surface area contributed by atoms with Crippen molar-refractivity contribution in [1.29, 1.82) is 0 Å². The molecule has 0 saturated heterocycles. The lowest BCUT2D eigenvalue weighted by Gasteiger charge is -2.13. The van der Waals surface area contributed by atoms with Crippen molar-refractivity contribution in [3.8, 4) is 11.5 Å². The average molecular weight is 371 g/mol. The average Bonchev–Trinajstić information content (AvgIpc) is 2.41. The van der Waals surface area contributed by atoms with E-state index >= 15 is 0 Å². The minimum absolute atomic E-state index is 0.0398. The molecule has 2 aromatic carbocycles. The van der Waals surface area contributed by atoms with Crippen LogP contribution in [-0.2, 0) is 5.33 Å². The summed E-state index contributed by atoms with van der Waals surface area (Å²) < 4.78 is 5.84. The second-order valence-electron chi connectivity index (χ2n) is 4.65. The minimum atomic E-state index is -0.412.